The minimum absolute atomic E-state index is 0.187. The highest BCUT2D eigenvalue weighted by atomic mass is 32.1. The van der Waals surface area contributed by atoms with E-state index in [4.69, 9.17) is 17.0 Å². The summed E-state index contributed by atoms with van der Waals surface area (Å²) in [6, 6.07) is 11.3. The number of ether oxygens (including phenoxy) is 1. The van der Waals surface area contributed by atoms with Crippen LogP contribution in [0.1, 0.15) is 54.6 Å². The van der Waals surface area contributed by atoms with E-state index in [1.807, 2.05) is 12.3 Å². The molecule has 148 valence electrons. The van der Waals surface area contributed by atoms with Crippen molar-refractivity contribution >= 4 is 23.2 Å². The molecule has 2 N–H and O–H groups in total. The summed E-state index contributed by atoms with van der Waals surface area (Å²) in [7, 11) is 0. The Morgan fingerprint density at radius 2 is 2.11 bits per heavy atom. The van der Waals surface area contributed by atoms with Crippen molar-refractivity contribution in [2.45, 2.75) is 38.6 Å². The van der Waals surface area contributed by atoms with Gasteiger partial charge < -0.3 is 4.74 Å². The third kappa shape index (κ3) is 5.50. The summed E-state index contributed by atoms with van der Waals surface area (Å²) in [6.45, 7) is 3.57. The zero-order valence-electron chi connectivity index (χ0n) is 16.1. The van der Waals surface area contributed by atoms with Gasteiger partial charge in [0, 0.05) is 24.5 Å². The third-order valence-electron chi connectivity index (χ3n) is 4.63. The molecular weight excluding hydrogens is 372 g/mol. The number of hydrogen-bond donors (Lipinski definition) is 2. The number of aromatic nitrogens is 1. The van der Waals surface area contributed by atoms with Crippen molar-refractivity contribution in [3.8, 4) is 5.75 Å². The fraction of sp³-hybridized carbons (Fsp3) is 0.381. The lowest BCUT2D eigenvalue weighted by atomic mass is 9.98. The summed E-state index contributed by atoms with van der Waals surface area (Å²) >= 11 is 5.37. The minimum atomic E-state index is -0.241. The van der Waals surface area contributed by atoms with Crippen molar-refractivity contribution in [2.75, 3.05) is 13.2 Å². The van der Waals surface area contributed by atoms with Gasteiger partial charge in [-0.3, -0.25) is 20.5 Å². The number of carbonyl (C=O) groups excluding carboxylic acids is 1. The van der Waals surface area contributed by atoms with Gasteiger partial charge in [-0.2, -0.15) is 0 Å². The van der Waals surface area contributed by atoms with Crippen LogP contribution in [0.4, 0.5) is 0 Å². The topological polar surface area (TPSA) is 66.5 Å². The average molecular weight is 399 g/mol. The van der Waals surface area contributed by atoms with Crippen molar-refractivity contribution < 1.29 is 9.53 Å². The molecule has 0 spiro atoms. The number of nitrogens with one attached hydrogen (secondary N) is 2. The molecule has 1 aromatic heterocycles. The molecule has 0 unspecified atom stereocenters. The van der Waals surface area contributed by atoms with Gasteiger partial charge in [-0.05, 0) is 67.4 Å². The van der Waals surface area contributed by atoms with Gasteiger partial charge in [0.25, 0.3) is 5.91 Å². The fourth-order valence-electron chi connectivity index (χ4n) is 3.24. The molecule has 1 aromatic carbocycles. The van der Waals surface area contributed by atoms with Crippen LogP contribution in [-0.2, 0) is 0 Å². The molecular formula is C21H26N4O2S. The van der Waals surface area contributed by atoms with Crippen molar-refractivity contribution in [3.05, 3.63) is 59.9 Å². The van der Waals surface area contributed by atoms with Gasteiger partial charge in [0.2, 0.25) is 0 Å². The van der Waals surface area contributed by atoms with Gasteiger partial charge in [-0.25, -0.2) is 5.01 Å². The molecule has 1 aliphatic heterocycles. The van der Waals surface area contributed by atoms with Gasteiger partial charge in [-0.1, -0.05) is 19.4 Å². The lowest BCUT2D eigenvalue weighted by Gasteiger charge is -2.36. The number of rotatable bonds is 6. The molecule has 28 heavy (non-hydrogen) atoms. The van der Waals surface area contributed by atoms with E-state index < -0.39 is 0 Å². The Balaban J connectivity index is 1.57. The lowest BCUT2D eigenvalue weighted by Crippen LogP contribution is -2.51. The summed E-state index contributed by atoms with van der Waals surface area (Å²) in [5.74, 6) is 0.515. The zero-order valence-corrected chi connectivity index (χ0v) is 16.9. The molecule has 7 heteroatoms. The van der Waals surface area contributed by atoms with Crippen LogP contribution in [0.15, 0.2) is 48.8 Å². The van der Waals surface area contributed by atoms with E-state index in [9.17, 15) is 4.79 Å². The Morgan fingerprint density at radius 1 is 1.29 bits per heavy atom. The molecule has 3 rings (SSSR count). The van der Waals surface area contributed by atoms with Gasteiger partial charge in [0.1, 0.15) is 5.75 Å². The Hall–Kier alpha value is -2.51. The second-order valence-corrected chi connectivity index (χ2v) is 7.17. The molecule has 1 fully saturated rings. The molecule has 2 aromatic rings. The number of pyridine rings is 1. The third-order valence-corrected chi connectivity index (χ3v) is 4.83. The SMILES string of the molecule is CCCOc1ccc(C(=O)NC(=S)NN2CCCC[C@H]2c2cccnc2)cc1. The van der Waals surface area contributed by atoms with Crippen LogP contribution in [0.5, 0.6) is 5.75 Å². The van der Waals surface area contributed by atoms with E-state index in [2.05, 4.69) is 33.7 Å². The summed E-state index contributed by atoms with van der Waals surface area (Å²) < 4.78 is 5.54. The predicted octanol–water partition coefficient (Wildman–Crippen LogP) is 3.62. The highest BCUT2D eigenvalue weighted by molar-refractivity contribution is 7.80. The number of hydrogen-bond acceptors (Lipinski definition) is 5. The lowest BCUT2D eigenvalue weighted by molar-refractivity contribution is 0.0957. The Labute approximate surface area is 171 Å². The van der Waals surface area contributed by atoms with Gasteiger partial charge in [0.15, 0.2) is 5.11 Å². The first-order chi connectivity index (χ1) is 13.7. The zero-order chi connectivity index (χ0) is 19.8. The van der Waals surface area contributed by atoms with Crippen LogP contribution >= 0.6 is 12.2 Å². The maximum atomic E-state index is 12.5. The minimum Gasteiger partial charge on any atom is -0.494 e. The van der Waals surface area contributed by atoms with E-state index in [-0.39, 0.29) is 11.9 Å². The van der Waals surface area contributed by atoms with E-state index in [0.29, 0.717) is 17.3 Å². The Kier molecular flexibility index (Phi) is 7.33. The van der Waals surface area contributed by atoms with Crippen LogP contribution in [-0.4, -0.2) is 34.2 Å². The van der Waals surface area contributed by atoms with E-state index in [1.165, 1.54) is 0 Å². The van der Waals surface area contributed by atoms with E-state index in [0.717, 1.165) is 43.5 Å². The quantitative estimate of drug-likeness (QED) is 0.725. The van der Waals surface area contributed by atoms with Gasteiger partial charge >= 0.3 is 0 Å². The molecule has 0 bridgehead atoms. The first kappa shape index (κ1) is 20.2. The number of piperidine rings is 1. The van der Waals surface area contributed by atoms with Crippen molar-refractivity contribution in [3.63, 3.8) is 0 Å². The highest BCUT2D eigenvalue weighted by Gasteiger charge is 2.25. The molecule has 0 radical (unpaired) electrons. The normalized spacial score (nSPS) is 17.0. The molecule has 6 nitrogen and oxygen atoms in total. The van der Waals surface area contributed by atoms with Crippen LogP contribution in [0.2, 0.25) is 0 Å². The molecule has 2 heterocycles. The van der Waals surface area contributed by atoms with Crippen molar-refractivity contribution in [1.82, 2.24) is 20.7 Å². The highest BCUT2D eigenvalue weighted by Crippen LogP contribution is 2.28. The maximum absolute atomic E-state index is 12.5. The summed E-state index contributed by atoms with van der Waals surface area (Å²) in [5, 5.41) is 5.15. The first-order valence-corrected chi connectivity index (χ1v) is 10.1. The number of carbonyl (C=O) groups is 1. The van der Waals surface area contributed by atoms with Crippen LogP contribution in [0, 0.1) is 0 Å². The van der Waals surface area contributed by atoms with Gasteiger partial charge in [0.05, 0.1) is 12.6 Å². The molecule has 1 amide bonds. The molecule has 0 aliphatic carbocycles. The number of thiocarbonyl (C=S) groups is 1. The first-order valence-electron chi connectivity index (χ1n) is 9.68. The van der Waals surface area contributed by atoms with Crippen molar-refractivity contribution in [2.24, 2.45) is 0 Å². The average Bonchev–Trinajstić information content (AvgIpc) is 2.73. The Bertz CT molecular complexity index is 783. The summed E-state index contributed by atoms with van der Waals surface area (Å²) in [5.41, 5.74) is 4.87. The number of benzene rings is 1. The van der Waals surface area contributed by atoms with Gasteiger partial charge in [-0.15, -0.1) is 0 Å². The summed E-state index contributed by atoms with van der Waals surface area (Å²) in [6.07, 6.45) is 7.86. The molecule has 1 aliphatic rings. The number of amides is 1. The van der Waals surface area contributed by atoms with Crippen LogP contribution < -0.4 is 15.5 Å². The molecule has 0 saturated carbocycles. The number of hydrazine groups is 1. The number of nitrogens with zero attached hydrogens (tertiary/aromatic N) is 2. The van der Waals surface area contributed by atoms with E-state index >= 15 is 0 Å². The maximum Gasteiger partial charge on any atom is 0.257 e. The monoisotopic (exact) mass is 398 g/mol. The fourth-order valence-corrected chi connectivity index (χ4v) is 3.45. The predicted molar refractivity (Wildman–Crippen MR) is 113 cm³/mol. The standard InChI is InChI=1S/C21H26N4O2S/c1-2-14-27-18-10-8-16(9-11-18)20(26)23-21(28)24-25-13-4-3-7-19(25)17-6-5-12-22-15-17/h5-6,8-12,15,19H,2-4,7,13-14H2,1H3,(H2,23,24,26,28)/t19-/m0/s1. The molecule has 1 atom stereocenters. The van der Waals surface area contributed by atoms with E-state index in [1.54, 1.807) is 30.5 Å². The van der Waals surface area contributed by atoms with Crippen molar-refractivity contribution in [1.29, 1.82) is 0 Å². The second-order valence-electron chi connectivity index (χ2n) is 6.76. The Morgan fingerprint density at radius 3 is 2.82 bits per heavy atom. The largest absolute Gasteiger partial charge is 0.494 e. The smallest absolute Gasteiger partial charge is 0.257 e. The van der Waals surface area contributed by atoms with Crippen LogP contribution in [0.3, 0.4) is 0 Å². The van der Waals surface area contributed by atoms with Crippen LogP contribution in [0.25, 0.3) is 0 Å². The second kappa shape index (κ2) is 10.1. The molecule has 1 saturated heterocycles. The summed E-state index contributed by atoms with van der Waals surface area (Å²) in [4.78, 5) is 16.7.